The van der Waals surface area contributed by atoms with Crippen LogP contribution in [0, 0.1) is 0 Å². The summed E-state index contributed by atoms with van der Waals surface area (Å²) in [6.45, 7) is 2.31. The Morgan fingerprint density at radius 3 is 1.50 bits per heavy atom. The molecule has 7 nitrogen and oxygen atoms in total. The van der Waals surface area contributed by atoms with E-state index in [0.29, 0.717) is 6.42 Å². The summed E-state index contributed by atoms with van der Waals surface area (Å²) in [5.41, 5.74) is 0. The number of halogens is 1. The number of hydrogen-bond donors (Lipinski definition) is 1. The van der Waals surface area contributed by atoms with Gasteiger partial charge in [-0.15, -0.1) is 0 Å². The third-order valence-electron chi connectivity index (χ3n) is 2.73. The molecule has 0 radical (unpaired) electrons. The van der Waals surface area contributed by atoms with Crippen LogP contribution in [-0.4, -0.2) is 19.6 Å². The van der Waals surface area contributed by atoms with Crippen LogP contribution in [-0.2, 0) is 19.1 Å². The molecule has 0 amide bonds. The Bertz CT molecular complexity index is 385. The van der Waals surface area contributed by atoms with Gasteiger partial charge in [0.1, 0.15) is 7.91 Å². The van der Waals surface area contributed by atoms with Gasteiger partial charge in [-0.05, 0) is 6.42 Å². The summed E-state index contributed by atoms with van der Waals surface area (Å²) in [7, 11) is -9.87. The Hall–Kier alpha value is 1.95. The Balaban J connectivity index is -0.000000250. The van der Waals surface area contributed by atoms with Crippen molar-refractivity contribution in [2.75, 3.05) is 6.61 Å². The van der Waals surface area contributed by atoms with E-state index in [9.17, 15) is 12.6 Å². The molecule has 0 aromatic heterocycles. The maximum absolute atomic E-state index is 10.2. The van der Waals surface area contributed by atoms with Gasteiger partial charge in [0.25, 0.3) is 0 Å². The molecule has 0 saturated carbocycles. The molecule has 0 aromatic carbocycles. The zero-order valence-electron chi connectivity index (χ0n) is 14.9. The monoisotopic (exact) mass is 410 g/mol. The first-order valence-corrected chi connectivity index (χ1v) is 10.2. The molecule has 0 aliphatic rings. The molecule has 24 heavy (non-hydrogen) atoms. The van der Waals surface area contributed by atoms with E-state index in [1.807, 2.05) is 0 Å². The molecule has 0 spiro atoms. The molecule has 0 aromatic rings. The van der Waals surface area contributed by atoms with Crippen LogP contribution in [0.2, 0.25) is 0 Å². The molecular formula is C12H26FNa2O7PS. The van der Waals surface area contributed by atoms with Gasteiger partial charge in [-0.25, -0.2) is 8.38 Å². The van der Waals surface area contributed by atoms with Crippen LogP contribution in [0.1, 0.15) is 71.1 Å². The first-order valence-electron chi connectivity index (χ1n) is 7.40. The molecule has 12 heteroatoms. The van der Waals surface area contributed by atoms with Crippen molar-refractivity contribution in [3.63, 3.8) is 0 Å². The zero-order valence-corrected chi connectivity index (χ0v) is 20.6. The van der Waals surface area contributed by atoms with Crippen molar-refractivity contribution in [1.82, 2.24) is 0 Å². The number of rotatable bonds is 12. The van der Waals surface area contributed by atoms with Crippen LogP contribution < -0.4 is 68.9 Å². The third kappa shape index (κ3) is 49.6. The van der Waals surface area contributed by atoms with E-state index in [0.717, 1.165) is 12.8 Å². The van der Waals surface area contributed by atoms with Crippen molar-refractivity contribution in [2.45, 2.75) is 71.1 Å². The molecule has 1 N–H and O–H groups in total. The molecule has 0 aliphatic heterocycles. The predicted octanol–water partition coefficient (Wildman–Crippen LogP) is -3.48. The first kappa shape index (κ1) is 33.5. The maximum atomic E-state index is 10.2. The number of unbranched alkanes of at least 4 members (excludes halogenated alkanes) is 9. The van der Waals surface area contributed by atoms with Crippen molar-refractivity contribution in [1.29, 1.82) is 0 Å². The Labute approximate surface area is 189 Å². The minimum absolute atomic E-state index is 0. The SMILES string of the molecule is CCCCCCCCCCCCOS(=O)(=O)O.O=P([O-])([O-])F.[Na+].[Na+]. The summed E-state index contributed by atoms with van der Waals surface area (Å²) in [5.74, 6) is 0. The molecule has 0 aliphatic carbocycles. The van der Waals surface area contributed by atoms with Gasteiger partial charge in [0, 0.05) is 0 Å². The van der Waals surface area contributed by atoms with Gasteiger partial charge >= 0.3 is 69.5 Å². The molecule has 136 valence electrons. The van der Waals surface area contributed by atoms with Gasteiger partial charge in [0.2, 0.25) is 0 Å². The van der Waals surface area contributed by atoms with Gasteiger partial charge < -0.3 is 14.4 Å². The molecule has 0 bridgehead atoms. The van der Waals surface area contributed by atoms with E-state index < -0.39 is 18.3 Å². The molecule has 0 unspecified atom stereocenters. The van der Waals surface area contributed by atoms with E-state index in [4.69, 9.17) is 18.9 Å². The minimum atomic E-state index is -5.64. The predicted molar refractivity (Wildman–Crippen MR) is 78.1 cm³/mol. The molecule has 0 fully saturated rings. The van der Waals surface area contributed by atoms with Crippen LogP contribution in [0.3, 0.4) is 0 Å². The molecule has 0 rings (SSSR count). The van der Waals surface area contributed by atoms with Crippen molar-refractivity contribution < 1.29 is 94.8 Å². The smallest absolute Gasteiger partial charge is 0.786 e. The average molecular weight is 410 g/mol. The van der Waals surface area contributed by atoms with Crippen molar-refractivity contribution in [2.24, 2.45) is 0 Å². The fourth-order valence-electron chi connectivity index (χ4n) is 1.75. The number of hydrogen-bond acceptors (Lipinski definition) is 6. The largest absolute Gasteiger partial charge is 1.00 e. The second kappa shape index (κ2) is 21.3. The molecular weight excluding hydrogens is 384 g/mol. The van der Waals surface area contributed by atoms with E-state index in [1.54, 1.807) is 0 Å². The summed E-state index contributed by atoms with van der Waals surface area (Å²) in [6, 6.07) is 0. The van der Waals surface area contributed by atoms with Crippen LogP contribution in [0.4, 0.5) is 4.20 Å². The van der Waals surface area contributed by atoms with E-state index in [1.165, 1.54) is 44.9 Å². The molecule has 0 saturated heterocycles. The van der Waals surface area contributed by atoms with Crippen LogP contribution in [0.5, 0.6) is 0 Å². The standard InChI is InChI=1S/C12H26O4S.FH2O3P.2Na/c1-2-3-4-5-6-7-8-9-10-11-12-16-17(13,14)15;1-5(2,3)4;;/h2-12H2,1H3,(H,13,14,15);(H2,2,3,4);;/q;;2*+1/p-2. The normalized spacial score (nSPS) is 10.9. The Morgan fingerprint density at radius 2 is 1.21 bits per heavy atom. The van der Waals surface area contributed by atoms with Gasteiger partial charge in [-0.2, -0.15) is 8.42 Å². The second-order valence-electron chi connectivity index (χ2n) is 4.86. The molecule has 0 heterocycles. The van der Waals surface area contributed by atoms with Gasteiger partial charge in [0.05, 0.1) is 6.61 Å². The summed E-state index contributed by atoms with van der Waals surface area (Å²) < 4.78 is 51.6. The van der Waals surface area contributed by atoms with Crippen LogP contribution >= 0.6 is 7.91 Å². The van der Waals surface area contributed by atoms with Gasteiger partial charge in [0.15, 0.2) is 0 Å². The van der Waals surface area contributed by atoms with Crippen LogP contribution in [0.15, 0.2) is 0 Å². The quantitative estimate of drug-likeness (QED) is 0.153. The van der Waals surface area contributed by atoms with Crippen molar-refractivity contribution in [3.05, 3.63) is 0 Å². The fourth-order valence-corrected chi connectivity index (χ4v) is 2.08. The maximum Gasteiger partial charge on any atom is 1.00 e. The zero-order chi connectivity index (χ0) is 17.5. The second-order valence-corrected chi connectivity index (χ2v) is 6.81. The van der Waals surface area contributed by atoms with Crippen molar-refractivity contribution >= 4 is 18.3 Å². The minimum Gasteiger partial charge on any atom is -0.786 e. The van der Waals surface area contributed by atoms with Crippen molar-refractivity contribution in [3.8, 4) is 0 Å². The van der Waals surface area contributed by atoms with E-state index in [2.05, 4.69) is 11.1 Å². The van der Waals surface area contributed by atoms with Gasteiger partial charge in [-0.3, -0.25) is 4.55 Å². The van der Waals surface area contributed by atoms with Gasteiger partial charge in [-0.1, -0.05) is 64.7 Å². The third-order valence-corrected chi connectivity index (χ3v) is 3.19. The Morgan fingerprint density at radius 1 is 0.917 bits per heavy atom. The average Bonchev–Trinajstić information content (AvgIpc) is 2.32. The molecule has 0 atom stereocenters. The Kier molecular flexibility index (Phi) is 29.7. The first-order chi connectivity index (χ1) is 10.1. The summed E-state index contributed by atoms with van der Waals surface area (Å²) >= 11 is 0. The van der Waals surface area contributed by atoms with E-state index in [-0.39, 0.29) is 65.7 Å². The summed E-state index contributed by atoms with van der Waals surface area (Å²) in [5, 5.41) is 0. The van der Waals surface area contributed by atoms with E-state index >= 15 is 0 Å². The fraction of sp³-hybridized carbons (Fsp3) is 1.00. The summed E-state index contributed by atoms with van der Waals surface area (Å²) in [6.07, 6.45) is 11.9. The summed E-state index contributed by atoms with van der Waals surface area (Å²) in [4.78, 5) is 16.9. The van der Waals surface area contributed by atoms with Crippen LogP contribution in [0.25, 0.3) is 0 Å². The topological polar surface area (TPSA) is 127 Å².